The Hall–Kier alpha value is -3.21. The minimum Gasteiger partial charge on any atom is -0.447 e. The van der Waals surface area contributed by atoms with Crippen LogP contribution in [0.5, 0.6) is 0 Å². The topological polar surface area (TPSA) is 72.5 Å². The maximum absolute atomic E-state index is 13.0. The zero-order valence-electron chi connectivity index (χ0n) is 16.2. The van der Waals surface area contributed by atoms with Gasteiger partial charge in [0.05, 0.1) is 5.92 Å². The standard InChI is InChI=1S/C24H23NO4/c1-15(26)18-8-5-9-20(14-18)25-23(27)22(17-6-3-2-4-7-17)29-24(28)21-13-16-10-11-19(21)12-16/h2-11,14,16,19,21-22H,12-13H2,1H3,(H,25,27)/t16-,19-,21-,22-/m0/s1. The van der Waals surface area contributed by atoms with Crippen LogP contribution < -0.4 is 5.32 Å². The van der Waals surface area contributed by atoms with Gasteiger partial charge in [-0.25, -0.2) is 0 Å². The summed E-state index contributed by atoms with van der Waals surface area (Å²) in [7, 11) is 0. The zero-order chi connectivity index (χ0) is 20.4. The van der Waals surface area contributed by atoms with E-state index in [-0.39, 0.29) is 23.6 Å². The Morgan fingerprint density at radius 2 is 1.79 bits per heavy atom. The number of amides is 1. The molecule has 4 rings (SSSR count). The van der Waals surface area contributed by atoms with Gasteiger partial charge >= 0.3 is 5.97 Å². The minimum atomic E-state index is -1.05. The van der Waals surface area contributed by atoms with E-state index in [9.17, 15) is 14.4 Å². The van der Waals surface area contributed by atoms with Gasteiger partial charge in [-0.05, 0) is 43.7 Å². The normalized spacial score (nSPS) is 22.9. The van der Waals surface area contributed by atoms with Crippen molar-refractivity contribution < 1.29 is 19.1 Å². The average molecular weight is 389 g/mol. The van der Waals surface area contributed by atoms with Crippen LogP contribution in [0.2, 0.25) is 0 Å². The first-order valence-electron chi connectivity index (χ1n) is 9.87. The number of Topliss-reactive ketones (excluding diaryl/α,β-unsaturated/α-hetero) is 1. The van der Waals surface area contributed by atoms with Crippen LogP contribution in [0.15, 0.2) is 66.7 Å². The number of carbonyl (C=O) groups excluding carboxylic acids is 3. The molecule has 29 heavy (non-hydrogen) atoms. The Kier molecular flexibility index (Phi) is 5.30. The largest absolute Gasteiger partial charge is 0.447 e. The maximum Gasteiger partial charge on any atom is 0.310 e. The second-order valence-corrected chi connectivity index (χ2v) is 7.74. The van der Waals surface area contributed by atoms with Crippen LogP contribution in [0.1, 0.15) is 41.8 Å². The van der Waals surface area contributed by atoms with Crippen molar-refractivity contribution >= 4 is 23.3 Å². The third-order valence-electron chi connectivity index (χ3n) is 5.69. The third-order valence-corrected chi connectivity index (χ3v) is 5.69. The quantitative estimate of drug-likeness (QED) is 0.454. The van der Waals surface area contributed by atoms with Crippen LogP contribution in [0.25, 0.3) is 0 Å². The maximum atomic E-state index is 13.0. The number of anilines is 1. The summed E-state index contributed by atoms with van der Waals surface area (Å²) in [5.74, 6) is -0.399. The lowest BCUT2D eigenvalue weighted by molar-refractivity contribution is -0.159. The smallest absolute Gasteiger partial charge is 0.310 e. The van der Waals surface area contributed by atoms with E-state index in [4.69, 9.17) is 4.74 Å². The number of hydrogen-bond donors (Lipinski definition) is 1. The van der Waals surface area contributed by atoms with Gasteiger partial charge in [0.1, 0.15) is 0 Å². The molecule has 4 atom stereocenters. The molecule has 0 radical (unpaired) electrons. The van der Waals surface area contributed by atoms with Crippen LogP contribution >= 0.6 is 0 Å². The van der Waals surface area contributed by atoms with Gasteiger partial charge in [0.2, 0.25) is 6.10 Å². The van der Waals surface area contributed by atoms with Crippen LogP contribution in [0.4, 0.5) is 5.69 Å². The molecule has 1 N–H and O–H groups in total. The fourth-order valence-electron chi connectivity index (χ4n) is 4.18. The van der Waals surface area contributed by atoms with Crippen molar-refractivity contribution in [1.29, 1.82) is 0 Å². The van der Waals surface area contributed by atoms with Gasteiger partial charge < -0.3 is 10.1 Å². The molecule has 0 unspecified atom stereocenters. The first-order valence-corrected chi connectivity index (χ1v) is 9.87. The van der Waals surface area contributed by atoms with Crippen molar-refractivity contribution in [3.05, 3.63) is 77.9 Å². The molecule has 0 aliphatic heterocycles. The van der Waals surface area contributed by atoms with Gasteiger partial charge in [0.25, 0.3) is 5.91 Å². The molecule has 0 spiro atoms. The van der Waals surface area contributed by atoms with Gasteiger partial charge in [-0.3, -0.25) is 14.4 Å². The first-order chi connectivity index (χ1) is 14.0. The number of ether oxygens (including phenoxy) is 1. The van der Waals surface area contributed by atoms with Gasteiger partial charge in [-0.1, -0.05) is 54.6 Å². The highest BCUT2D eigenvalue weighted by molar-refractivity contribution is 5.99. The first kappa shape index (κ1) is 19.1. The number of nitrogens with one attached hydrogen (secondary N) is 1. The van der Waals surface area contributed by atoms with Gasteiger partial charge in [0.15, 0.2) is 5.78 Å². The number of allylic oxidation sites excluding steroid dienone is 2. The van der Waals surface area contributed by atoms with Crippen molar-refractivity contribution in [2.45, 2.75) is 25.9 Å². The highest BCUT2D eigenvalue weighted by Crippen LogP contribution is 2.44. The number of rotatable bonds is 6. The van der Waals surface area contributed by atoms with E-state index in [2.05, 4.69) is 17.5 Å². The van der Waals surface area contributed by atoms with Crippen LogP contribution in [-0.2, 0) is 14.3 Å². The van der Waals surface area contributed by atoms with Crippen molar-refractivity contribution in [3.63, 3.8) is 0 Å². The van der Waals surface area contributed by atoms with Crippen molar-refractivity contribution in [2.75, 3.05) is 5.32 Å². The Morgan fingerprint density at radius 3 is 2.45 bits per heavy atom. The highest BCUT2D eigenvalue weighted by Gasteiger charge is 2.42. The van der Waals surface area contributed by atoms with E-state index >= 15 is 0 Å². The van der Waals surface area contributed by atoms with Gasteiger partial charge in [0, 0.05) is 16.8 Å². The molecule has 1 amide bonds. The lowest BCUT2D eigenvalue weighted by atomic mass is 9.93. The predicted molar refractivity (Wildman–Crippen MR) is 109 cm³/mol. The molecule has 2 aliphatic rings. The van der Waals surface area contributed by atoms with E-state index in [1.807, 2.05) is 6.07 Å². The van der Waals surface area contributed by atoms with E-state index < -0.39 is 12.0 Å². The Balaban J connectivity index is 1.53. The number of esters is 1. The highest BCUT2D eigenvalue weighted by atomic mass is 16.5. The average Bonchev–Trinajstić information content (AvgIpc) is 3.36. The molecule has 0 saturated heterocycles. The molecule has 2 bridgehead atoms. The van der Waals surface area contributed by atoms with E-state index in [0.717, 1.165) is 12.8 Å². The summed E-state index contributed by atoms with van der Waals surface area (Å²) in [5, 5.41) is 2.78. The molecule has 2 aliphatic carbocycles. The number of benzene rings is 2. The summed E-state index contributed by atoms with van der Waals surface area (Å²) in [4.78, 5) is 37.5. The van der Waals surface area contributed by atoms with Crippen molar-refractivity contribution in [2.24, 2.45) is 17.8 Å². The molecule has 5 nitrogen and oxygen atoms in total. The minimum absolute atomic E-state index is 0.0866. The lowest BCUT2D eigenvalue weighted by Crippen LogP contribution is -2.30. The molecule has 0 heterocycles. The molecule has 148 valence electrons. The van der Waals surface area contributed by atoms with Crippen LogP contribution in [0, 0.1) is 17.8 Å². The number of carbonyl (C=O) groups is 3. The van der Waals surface area contributed by atoms with Crippen molar-refractivity contribution in [3.8, 4) is 0 Å². The molecular weight excluding hydrogens is 366 g/mol. The fourth-order valence-corrected chi connectivity index (χ4v) is 4.18. The summed E-state index contributed by atoms with van der Waals surface area (Å²) in [6.45, 7) is 1.47. The molecular formula is C24H23NO4. The van der Waals surface area contributed by atoms with Gasteiger partial charge in [-0.2, -0.15) is 0 Å². The fraction of sp³-hybridized carbons (Fsp3) is 0.292. The Labute approximate surface area is 169 Å². The lowest BCUT2D eigenvalue weighted by Gasteiger charge is -2.22. The van der Waals surface area contributed by atoms with Crippen LogP contribution in [0.3, 0.4) is 0 Å². The summed E-state index contributed by atoms with van der Waals surface area (Å²) < 4.78 is 5.73. The third kappa shape index (κ3) is 4.14. The molecule has 2 aromatic rings. The molecule has 1 saturated carbocycles. The van der Waals surface area contributed by atoms with E-state index in [1.54, 1.807) is 48.5 Å². The summed E-state index contributed by atoms with van der Waals surface area (Å²) in [5.41, 5.74) is 1.60. The second kappa shape index (κ2) is 8.03. The van der Waals surface area contributed by atoms with Gasteiger partial charge in [-0.15, -0.1) is 0 Å². The van der Waals surface area contributed by atoms with E-state index in [0.29, 0.717) is 22.7 Å². The summed E-state index contributed by atoms with van der Waals surface area (Å²) >= 11 is 0. The SMILES string of the molecule is CC(=O)c1cccc(NC(=O)[C@@H](OC(=O)[C@H]2C[C@H]3C=C[C@H]2C3)c2ccccc2)c1. The second-order valence-electron chi connectivity index (χ2n) is 7.74. The zero-order valence-corrected chi connectivity index (χ0v) is 16.2. The molecule has 2 aromatic carbocycles. The predicted octanol–water partition coefficient (Wildman–Crippen LogP) is 4.32. The Morgan fingerprint density at radius 1 is 1.00 bits per heavy atom. The summed E-state index contributed by atoms with van der Waals surface area (Å²) in [6, 6.07) is 15.7. The number of fused-ring (bicyclic) bond motifs is 2. The molecule has 0 aromatic heterocycles. The Bertz CT molecular complexity index is 966. The van der Waals surface area contributed by atoms with Crippen LogP contribution in [-0.4, -0.2) is 17.7 Å². The molecule has 5 heteroatoms. The van der Waals surface area contributed by atoms with E-state index in [1.165, 1.54) is 6.92 Å². The monoisotopic (exact) mass is 389 g/mol. The molecule has 1 fully saturated rings. The van der Waals surface area contributed by atoms with Crippen molar-refractivity contribution in [1.82, 2.24) is 0 Å². The number of ketones is 1. The summed E-state index contributed by atoms with van der Waals surface area (Å²) in [6.07, 6.45) is 4.97. The number of hydrogen-bond acceptors (Lipinski definition) is 4.